The third-order valence-electron chi connectivity index (χ3n) is 2.53. The molecular formula is C12H13FN2O. The summed E-state index contributed by atoms with van der Waals surface area (Å²) in [6.07, 6.45) is 5.70. The van der Waals surface area contributed by atoms with Crippen LogP contribution in [0.4, 0.5) is 10.1 Å². The van der Waals surface area contributed by atoms with E-state index >= 15 is 0 Å². The van der Waals surface area contributed by atoms with Gasteiger partial charge in [-0.3, -0.25) is 4.79 Å². The minimum absolute atomic E-state index is 0.122. The van der Waals surface area contributed by atoms with Crippen molar-refractivity contribution < 1.29 is 9.18 Å². The fourth-order valence-electron chi connectivity index (χ4n) is 1.75. The van der Waals surface area contributed by atoms with E-state index in [1.54, 1.807) is 0 Å². The van der Waals surface area contributed by atoms with Crippen LogP contribution in [-0.2, 0) is 0 Å². The number of carbonyl (C=O) groups is 1. The fraction of sp³-hybridized carbons (Fsp3) is 0.250. The Morgan fingerprint density at radius 2 is 2.00 bits per heavy atom. The van der Waals surface area contributed by atoms with E-state index in [4.69, 9.17) is 5.73 Å². The number of halogens is 1. The number of rotatable bonds is 2. The van der Waals surface area contributed by atoms with Crippen LogP contribution in [0.2, 0.25) is 0 Å². The van der Waals surface area contributed by atoms with Gasteiger partial charge < -0.3 is 11.1 Å². The summed E-state index contributed by atoms with van der Waals surface area (Å²) in [6.45, 7) is 0. The van der Waals surface area contributed by atoms with Crippen LogP contribution in [0.5, 0.6) is 0 Å². The highest BCUT2D eigenvalue weighted by atomic mass is 19.1. The number of nitrogen functional groups attached to an aromatic ring is 1. The monoisotopic (exact) mass is 220 g/mol. The standard InChI is InChI=1S/C12H13FN2O/c13-9-5-8(6-10(14)7-9)12(16)15-11-3-1-2-4-11/h1-2,5-7,11H,3-4,14H2,(H,15,16). The molecule has 1 aliphatic rings. The number of benzene rings is 1. The van der Waals surface area contributed by atoms with Crippen molar-refractivity contribution >= 4 is 11.6 Å². The molecule has 0 heterocycles. The lowest BCUT2D eigenvalue weighted by Crippen LogP contribution is -2.32. The topological polar surface area (TPSA) is 55.1 Å². The molecule has 0 saturated carbocycles. The van der Waals surface area contributed by atoms with Crippen molar-refractivity contribution in [2.75, 3.05) is 5.73 Å². The first-order chi connectivity index (χ1) is 7.65. The maximum absolute atomic E-state index is 13.0. The van der Waals surface area contributed by atoms with Gasteiger partial charge in [0.2, 0.25) is 0 Å². The molecule has 3 nitrogen and oxygen atoms in total. The summed E-state index contributed by atoms with van der Waals surface area (Å²) in [5.74, 6) is -0.769. The highest BCUT2D eigenvalue weighted by molar-refractivity contribution is 5.95. The van der Waals surface area contributed by atoms with Crippen molar-refractivity contribution in [3.8, 4) is 0 Å². The van der Waals surface area contributed by atoms with Gasteiger partial charge in [0.25, 0.3) is 5.91 Å². The van der Waals surface area contributed by atoms with Gasteiger partial charge in [-0.2, -0.15) is 0 Å². The summed E-state index contributed by atoms with van der Waals surface area (Å²) in [6, 6.07) is 3.97. The van der Waals surface area contributed by atoms with Gasteiger partial charge in [-0.05, 0) is 31.0 Å². The van der Waals surface area contributed by atoms with Gasteiger partial charge in [0.15, 0.2) is 0 Å². The van der Waals surface area contributed by atoms with Gasteiger partial charge in [0.1, 0.15) is 5.82 Å². The van der Waals surface area contributed by atoms with E-state index in [9.17, 15) is 9.18 Å². The first-order valence-corrected chi connectivity index (χ1v) is 5.17. The van der Waals surface area contributed by atoms with Gasteiger partial charge in [0, 0.05) is 17.3 Å². The van der Waals surface area contributed by atoms with E-state index in [-0.39, 0.29) is 23.2 Å². The molecule has 0 radical (unpaired) electrons. The second-order valence-corrected chi connectivity index (χ2v) is 3.89. The molecular weight excluding hydrogens is 207 g/mol. The molecule has 0 aliphatic heterocycles. The van der Waals surface area contributed by atoms with Crippen LogP contribution < -0.4 is 11.1 Å². The van der Waals surface area contributed by atoms with Crippen molar-refractivity contribution in [1.29, 1.82) is 0 Å². The molecule has 3 N–H and O–H groups in total. The quantitative estimate of drug-likeness (QED) is 0.590. The highest BCUT2D eigenvalue weighted by Crippen LogP contribution is 2.13. The molecule has 1 aromatic carbocycles. The largest absolute Gasteiger partial charge is 0.399 e. The molecule has 84 valence electrons. The minimum Gasteiger partial charge on any atom is -0.399 e. The Labute approximate surface area is 93.1 Å². The highest BCUT2D eigenvalue weighted by Gasteiger charge is 2.15. The Bertz CT molecular complexity index is 414. The zero-order valence-corrected chi connectivity index (χ0v) is 8.74. The summed E-state index contributed by atoms with van der Waals surface area (Å²) in [4.78, 5) is 11.7. The van der Waals surface area contributed by atoms with Crippen LogP contribution in [0, 0.1) is 5.82 Å². The van der Waals surface area contributed by atoms with Gasteiger partial charge in [-0.15, -0.1) is 0 Å². The summed E-state index contributed by atoms with van der Waals surface area (Å²) in [5, 5.41) is 2.83. The van der Waals surface area contributed by atoms with E-state index < -0.39 is 5.82 Å². The molecule has 0 spiro atoms. The van der Waals surface area contributed by atoms with Crippen LogP contribution in [0.3, 0.4) is 0 Å². The Morgan fingerprint density at radius 3 is 2.62 bits per heavy atom. The second kappa shape index (κ2) is 4.35. The molecule has 2 rings (SSSR count). The molecule has 0 fully saturated rings. The Morgan fingerprint density at radius 1 is 1.31 bits per heavy atom. The summed E-state index contributed by atoms with van der Waals surface area (Å²) < 4.78 is 13.0. The lowest BCUT2D eigenvalue weighted by Gasteiger charge is -2.12. The van der Waals surface area contributed by atoms with Gasteiger partial charge in [0.05, 0.1) is 0 Å². The number of carbonyl (C=O) groups excluding carboxylic acids is 1. The average Bonchev–Trinajstić information content (AvgIpc) is 2.68. The number of amides is 1. The SMILES string of the molecule is Nc1cc(F)cc(C(=O)NC2CC=CC2)c1. The smallest absolute Gasteiger partial charge is 0.251 e. The molecule has 1 aliphatic carbocycles. The Balaban J connectivity index is 2.08. The van der Waals surface area contributed by atoms with Crippen molar-refractivity contribution in [3.63, 3.8) is 0 Å². The molecule has 16 heavy (non-hydrogen) atoms. The molecule has 0 unspecified atom stereocenters. The van der Waals surface area contributed by atoms with Gasteiger partial charge in [-0.1, -0.05) is 12.2 Å². The predicted octanol–water partition coefficient (Wildman–Crippen LogP) is 1.86. The fourth-order valence-corrected chi connectivity index (χ4v) is 1.75. The van der Waals surface area contributed by atoms with E-state index in [0.29, 0.717) is 0 Å². The zero-order valence-electron chi connectivity index (χ0n) is 8.74. The van der Waals surface area contributed by atoms with E-state index in [1.165, 1.54) is 18.2 Å². The lowest BCUT2D eigenvalue weighted by molar-refractivity contribution is 0.0938. The van der Waals surface area contributed by atoms with Crippen molar-refractivity contribution in [2.45, 2.75) is 18.9 Å². The molecule has 1 aromatic rings. The first kappa shape index (κ1) is 10.7. The van der Waals surface area contributed by atoms with Gasteiger partial charge in [-0.25, -0.2) is 4.39 Å². The van der Waals surface area contributed by atoms with Gasteiger partial charge >= 0.3 is 0 Å². The van der Waals surface area contributed by atoms with Crippen LogP contribution in [0.25, 0.3) is 0 Å². The van der Waals surface area contributed by atoms with E-state index in [0.717, 1.165) is 12.8 Å². The Hall–Kier alpha value is -1.84. The predicted molar refractivity (Wildman–Crippen MR) is 60.4 cm³/mol. The normalized spacial score (nSPS) is 15.3. The second-order valence-electron chi connectivity index (χ2n) is 3.89. The minimum atomic E-state index is -0.491. The first-order valence-electron chi connectivity index (χ1n) is 5.17. The van der Waals surface area contributed by atoms with Crippen LogP contribution in [-0.4, -0.2) is 11.9 Å². The molecule has 0 bridgehead atoms. The van der Waals surface area contributed by atoms with Crippen molar-refractivity contribution in [3.05, 3.63) is 41.7 Å². The van der Waals surface area contributed by atoms with Crippen molar-refractivity contribution in [1.82, 2.24) is 5.32 Å². The molecule has 0 atom stereocenters. The van der Waals surface area contributed by atoms with E-state index in [2.05, 4.69) is 5.32 Å². The zero-order chi connectivity index (χ0) is 11.5. The number of hydrogen-bond acceptors (Lipinski definition) is 2. The molecule has 1 amide bonds. The number of anilines is 1. The van der Waals surface area contributed by atoms with Crippen LogP contribution in [0.1, 0.15) is 23.2 Å². The maximum Gasteiger partial charge on any atom is 0.251 e. The summed E-state index contributed by atoms with van der Waals surface area (Å²) >= 11 is 0. The molecule has 4 heteroatoms. The summed E-state index contributed by atoms with van der Waals surface area (Å²) in [5.41, 5.74) is 6.00. The average molecular weight is 220 g/mol. The third kappa shape index (κ3) is 2.39. The maximum atomic E-state index is 13.0. The molecule has 0 aromatic heterocycles. The number of nitrogens with two attached hydrogens (primary N) is 1. The van der Waals surface area contributed by atoms with Crippen LogP contribution >= 0.6 is 0 Å². The number of nitrogens with one attached hydrogen (secondary N) is 1. The third-order valence-corrected chi connectivity index (χ3v) is 2.53. The number of hydrogen-bond donors (Lipinski definition) is 2. The van der Waals surface area contributed by atoms with Crippen molar-refractivity contribution in [2.24, 2.45) is 0 Å². The molecule has 0 saturated heterocycles. The van der Waals surface area contributed by atoms with Crippen LogP contribution in [0.15, 0.2) is 30.4 Å². The summed E-state index contributed by atoms with van der Waals surface area (Å²) in [7, 11) is 0. The lowest BCUT2D eigenvalue weighted by atomic mass is 10.1. The van der Waals surface area contributed by atoms with E-state index in [1.807, 2.05) is 12.2 Å². The Kier molecular flexibility index (Phi) is 2.90.